The second-order valence-electron chi connectivity index (χ2n) is 12.4. The predicted molar refractivity (Wildman–Crippen MR) is 211 cm³/mol. The van der Waals surface area contributed by atoms with Gasteiger partial charge in [-0.1, -0.05) is 133 Å². The third kappa shape index (κ3) is 5.61. The molecule has 0 radical (unpaired) electrons. The summed E-state index contributed by atoms with van der Waals surface area (Å²) in [5.41, 5.74) is 10.3. The molecule has 0 unspecified atom stereocenters. The number of hydrogen-bond donors (Lipinski definition) is 0. The Labute approximate surface area is 294 Å². The van der Waals surface area contributed by atoms with Crippen molar-refractivity contribution in [2.75, 3.05) is 0 Å². The SMILES string of the molecule is C=N/C(=N\C(=N/Cc1ccccc1)c1cccc2c1oc1ccccc12)c1cccc2oc3cc(-c4ccc(-c5ccccc5)cc4)ccc3c12. The number of rotatable bonds is 6. The fourth-order valence-electron chi connectivity index (χ4n) is 6.81. The Morgan fingerprint density at radius 1 is 0.471 bits per heavy atom. The lowest BCUT2D eigenvalue weighted by molar-refractivity contribution is 0.668. The molecule has 0 atom stereocenters. The van der Waals surface area contributed by atoms with Gasteiger partial charge in [0.1, 0.15) is 22.3 Å². The van der Waals surface area contributed by atoms with Crippen molar-refractivity contribution >= 4 is 62.3 Å². The molecular weight excluding hydrogens is 627 g/mol. The minimum atomic E-state index is 0.439. The van der Waals surface area contributed by atoms with E-state index >= 15 is 0 Å². The van der Waals surface area contributed by atoms with Crippen molar-refractivity contribution in [1.82, 2.24) is 0 Å². The van der Waals surface area contributed by atoms with Crippen molar-refractivity contribution in [1.29, 1.82) is 0 Å². The molecule has 242 valence electrons. The van der Waals surface area contributed by atoms with Gasteiger partial charge < -0.3 is 8.83 Å². The maximum atomic E-state index is 6.47. The Morgan fingerprint density at radius 2 is 1.10 bits per heavy atom. The van der Waals surface area contributed by atoms with Crippen LogP contribution >= 0.6 is 0 Å². The van der Waals surface area contributed by atoms with Crippen LogP contribution in [0.2, 0.25) is 0 Å². The molecule has 0 aliphatic carbocycles. The van der Waals surface area contributed by atoms with Gasteiger partial charge in [-0.15, -0.1) is 0 Å². The molecule has 0 spiro atoms. The van der Waals surface area contributed by atoms with Crippen molar-refractivity contribution in [3.05, 3.63) is 180 Å². The highest BCUT2D eigenvalue weighted by atomic mass is 16.3. The van der Waals surface area contributed by atoms with Crippen LogP contribution in [0.5, 0.6) is 0 Å². The summed E-state index contributed by atoms with van der Waals surface area (Å²) >= 11 is 0. The molecule has 9 aromatic rings. The summed E-state index contributed by atoms with van der Waals surface area (Å²) in [6.45, 7) is 4.40. The van der Waals surface area contributed by atoms with Crippen LogP contribution in [0.3, 0.4) is 0 Å². The molecule has 7 aromatic carbocycles. The van der Waals surface area contributed by atoms with Crippen molar-refractivity contribution in [2.24, 2.45) is 15.0 Å². The number of aliphatic imine (C=N–C) groups is 3. The molecule has 0 amide bonds. The average Bonchev–Trinajstić information content (AvgIpc) is 3.77. The van der Waals surface area contributed by atoms with Crippen molar-refractivity contribution < 1.29 is 8.83 Å². The molecule has 2 heterocycles. The van der Waals surface area contributed by atoms with Gasteiger partial charge in [-0.2, -0.15) is 0 Å². The number of benzene rings is 7. The van der Waals surface area contributed by atoms with E-state index in [0.717, 1.165) is 71.7 Å². The van der Waals surface area contributed by atoms with Gasteiger partial charge in [-0.05, 0) is 64.9 Å². The summed E-state index contributed by atoms with van der Waals surface area (Å²) in [6, 6.07) is 55.6. The van der Waals surface area contributed by atoms with E-state index in [0.29, 0.717) is 18.2 Å². The summed E-state index contributed by atoms with van der Waals surface area (Å²) in [5, 5.41) is 3.95. The summed E-state index contributed by atoms with van der Waals surface area (Å²) < 4.78 is 12.9. The second kappa shape index (κ2) is 12.9. The van der Waals surface area contributed by atoms with Gasteiger partial charge in [0.25, 0.3) is 0 Å². The van der Waals surface area contributed by atoms with E-state index < -0.39 is 0 Å². The third-order valence-electron chi connectivity index (χ3n) is 9.32. The zero-order chi connectivity index (χ0) is 34.1. The zero-order valence-electron chi connectivity index (χ0n) is 27.7. The Kier molecular flexibility index (Phi) is 7.63. The Bertz CT molecular complexity index is 2770. The minimum Gasteiger partial charge on any atom is -0.456 e. The maximum absolute atomic E-state index is 6.47. The van der Waals surface area contributed by atoms with Gasteiger partial charge in [0.15, 0.2) is 11.7 Å². The van der Waals surface area contributed by atoms with E-state index in [4.69, 9.17) is 18.8 Å². The first-order valence-electron chi connectivity index (χ1n) is 16.9. The van der Waals surface area contributed by atoms with Gasteiger partial charge in [0.2, 0.25) is 0 Å². The largest absolute Gasteiger partial charge is 0.456 e. The van der Waals surface area contributed by atoms with Crippen LogP contribution in [0.4, 0.5) is 0 Å². The van der Waals surface area contributed by atoms with Crippen LogP contribution in [-0.4, -0.2) is 18.4 Å². The molecule has 5 nitrogen and oxygen atoms in total. The molecule has 0 bridgehead atoms. The van der Waals surface area contributed by atoms with Gasteiger partial charge >= 0.3 is 0 Å². The predicted octanol–water partition coefficient (Wildman–Crippen LogP) is 11.9. The molecule has 9 rings (SSSR count). The summed E-state index contributed by atoms with van der Waals surface area (Å²) in [7, 11) is 0. The maximum Gasteiger partial charge on any atom is 0.161 e. The van der Waals surface area contributed by atoms with Gasteiger partial charge in [0.05, 0.1) is 12.1 Å². The Balaban J connectivity index is 1.15. The monoisotopic (exact) mass is 657 g/mol. The first kappa shape index (κ1) is 30.2. The van der Waals surface area contributed by atoms with Crippen molar-refractivity contribution in [2.45, 2.75) is 6.54 Å². The lowest BCUT2D eigenvalue weighted by Crippen LogP contribution is -2.06. The Morgan fingerprint density at radius 3 is 1.90 bits per heavy atom. The normalized spacial score (nSPS) is 12.3. The van der Waals surface area contributed by atoms with E-state index in [1.54, 1.807) is 0 Å². The van der Waals surface area contributed by atoms with Crippen LogP contribution in [-0.2, 0) is 6.54 Å². The van der Waals surface area contributed by atoms with Gasteiger partial charge in [-0.3, -0.25) is 4.99 Å². The lowest BCUT2D eigenvalue weighted by Gasteiger charge is -2.08. The fraction of sp³-hybridized carbons (Fsp3) is 0.0217. The second-order valence-corrected chi connectivity index (χ2v) is 12.4. The minimum absolute atomic E-state index is 0.439. The number of hydrogen-bond acceptors (Lipinski definition) is 3. The Hall–Kier alpha value is -6.85. The molecule has 0 saturated heterocycles. The fourth-order valence-corrected chi connectivity index (χ4v) is 6.81. The molecule has 0 aliphatic heterocycles. The molecule has 0 N–H and O–H groups in total. The highest BCUT2D eigenvalue weighted by molar-refractivity contribution is 6.24. The summed E-state index contributed by atoms with van der Waals surface area (Å²) in [6.07, 6.45) is 0. The average molecular weight is 658 g/mol. The molecular formula is C46H31N3O2. The first-order chi connectivity index (χ1) is 25.2. The number of para-hydroxylation sites is 2. The topological polar surface area (TPSA) is 63.4 Å². The van der Waals surface area contributed by atoms with E-state index in [1.807, 2.05) is 72.8 Å². The molecule has 51 heavy (non-hydrogen) atoms. The van der Waals surface area contributed by atoms with Gasteiger partial charge in [0, 0.05) is 27.1 Å². The van der Waals surface area contributed by atoms with Crippen LogP contribution in [0.25, 0.3) is 66.1 Å². The van der Waals surface area contributed by atoms with Crippen LogP contribution in [0, 0.1) is 0 Å². The number of nitrogens with zero attached hydrogens (tertiary/aromatic N) is 3. The molecule has 0 aliphatic rings. The van der Waals surface area contributed by atoms with Crippen LogP contribution < -0.4 is 0 Å². The summed E-state index contributed by atoms with van der Waals surface area (Å²) in [4.78, 5) is 14.7. The van der Waals surface area contributed by atoms with Gasteiger partial charge in [-0.25, -0.2) is 9.98 Å². The highest BCUT2D eigenvalue weighted by Crippen LogP contribution is 2.36. The quantitative estimate of drug-likeness (QED) is 0.132. The molecule has 5 heteroatoms. The summed E-state index contributed by atoms with van der Waals surface area (Å²) in [5.74, 6) is 0.959. The first-order valence-corrected chi connectivity index (χ1v) is 16.9. The zero-order valence-corrected chi connectivity index (χ0v) is 27.7. The standard InChI is InChI=1S/C46H31N3O2/c1-47-45(49-46(48-29-30-12-4-2-5-13-30)39-19-10-17-36-35-16-8-9-20-40(35)51-44(36)39)38-18-11-21-41-43(38)37-27-26-34(28-42(37)50-41)33-24-22-32(23-25-33)31-14-6-3-7-15-31/h2-28H,1,29H2/b48-46-,49-45-. The van der Waals surface area contributed by atoms with Crippen molar-refractivity contribution in [3.8, 4) is 22.3 Å². The molecule has 0 fully saturated rings. The van der Waals surface area contributed by atoms with Crippen LogP contribution in [0.15, 0.2) is 188 Å². The lowest BCUT2D eigenvalue weighted by atomic mass is 9.99. The van der Waals surface area contributed by atoms with Crippen molar-refractivity contribution in [3.63, 3.8) is 0 Å². The number of furan rings is 2. The molecule has 0 saturated carbocycles. The number of fused-ring (bicyclic) bond motifs is 6. The molecule has 2 aromatic heterocycles. The highest BCUT2D eigenvalue weighted by Gasteiger charge is 2.19. The van der Waals surface area contributed by atoms with E-state index in [1.165, 1.54) is 11.1 Å². The van der Waals surface area contributed by atoms with E-state index in [9.17, 15) is 0 Å². The van der Waals surface area contributed by atoms with E-state index in [-0.39, 0.29) is 0 Å². The number of amidine groups is 2. The smallest absolute Gasteiger partial charge is 0.161 e. The van der Waals surface area contributed by atoms with E-state index in [2.05, 4.69) is 103 Å². The third-order valence-corrected chi connectivity index (χ3v) is 9.32. The van der Waals surface area contributed by atoms with Crippen LogP contribution in [0.1, 0.15) is 16.7 Å².